The van der Waals surface area contributed by atoms with Crippen molar-refractivity contribution in [2.45, 2.75) is 26.7 Å². The molecule has 1 amide bonds. The van der Waals surface area contributed by atoms with E-state index in [-0.39, 0.29) is 5.91 Å². The first kappa shape index (κ1) is 14.1. The Balaban J connectivity index is 1.92. The fourth-order valence-electron chi connectivity index (χ4n) is 2.01. The van der Waals surface area contributed by atoms with Gasteiger partial charge in [-0.05, 0) is 43.5 Å². The Kier molecular flexibility index (Phi) is 4.41. The van der Waals surface area contributed by atoms with Gasteiger partial charge in [0.05, 0.1) is 0 Å². The van der Waals surface area contributed by atoms with E-state index >= 15 is 0 Å². The molecule has 0 spiro atoms. The Morgan fingerprint density at radius 2 is 1.80 bits per heavy atom. The van der Waals surface area contributed by atoms with Crippen LogP contribution in [0, 0.1) is 13.8 Å². The van der Waals surface area contributed by atoms with Gasteiger partial charge in [0.2, 0.25) is 5.91 Å². The van der Waals surface area contributed by atoms with Crippen LogP contribution < -0.4 is 11.1 Å². The molecule has 2 aromatic carbocycles. The van der Waals surface area contributed by atoms with Crippen LogP contribution in [0.3, 0.4) is 0 Å². The number of hydrogen-bond donors (Lipinski definition) is 2. The van der Waals surface area contributed by atoms with Crippen molar-refractivity contribution in [3.05, 3.63) is 59.2 Å². The zero-order chi connectivity index (χ0) is 14.5. The lowest BCUT2D eigenvalue weighted by atomic mass is 10.1. The molecule has 0 unspecified atom stereocenters. The van der Waals surface area contributed by atoms with Crippen molar-refractivity contribution in [2.75, 3.05) is 11.1 Å². The minimum Gasteiger partial charge on any atom is -0.398 e. The molecule has 2 aromatic rings. The maximum absolute atomic E-state index is 12.0. The highest BCUT2D eigenvalue weighted by Crippen LogP contribution is 2.20. The van der Waals surface area contributed by atoms with Crippen LogP contribution in [-0.4, -0.2) is 5.91 Å². The van der Waals surface area contributed by atoms with Crippen LogP contribution in [0.15, 0.2) is 42.5 Å². The van der Waals surface area contributed by atoms with E-state index in [0.717, 1.165) is 17.7 Å². The molecule has 0 aliphatic rings. The van der Waals surface area contributed by atoms with E-state index in [9.17, 15) is 4.79 Å². The third-order valence-corrected chi connectivity index (χ3v) is 3.41. The van der Waals surface area contributed by atoms with Crippen LogP contribution >= 0.6 is 0 Å². The number of carbonyl (C=O) groups excluding carboxylic acids is 1. The second kappa shape index (κ2) is 6.24. The van der Waals surface area contributed by atoms with Crippen LogP contribution in [0.25, 0.3) is 0 Å². The largest absolute Gasteiger partial charge is 0.398 e. The monoisotopic (exact) mass is 268 g/mol. The second-order valence-electron chi connectivity index (χ2n) is 5.05. The molecule has 2 rings (SSSR count). The summed E-state index contributed by atoms with van der Waals surface area (Å²) in [5.74, 6) is 0.0132. The smallest absolute Gasteiger partial charge is 0.224 e. The summed E-state index contributed by atoms with van der Waals surface area (Å²) in [7, 11) is 0. The van der Waals surface area contributed by atoms with Gasteiger partial charge in [0.15, 0.2) is 0 Å². The fraction of sp³-hybridized carbons (Fsp3) is 0.235. The summed E-state index contributed by atoms with van der Waals surface area (Å²) >= 11 is 0. The molecule has 104 valence electrons. The molecule has 0 radical (unpaired) electrons. The van der Waals surface area contributed by atoms with Crippen molar-refractivity contribution in [1.82, 2.24) is 0 Å². The van der Waals surface area contributed by atoms with Crippen molar-refractivity contribution in [2.24, 2.45) is 0 Å². The van der Waals surface area contributed by atoms with Crippen LogP contribution in [0.1, 0.15) is 23.1 Å². The van der Waals surface area contributed by atoms with Gasteiger partial charge in [0, 0.05) is 17.8 Å². The molecule has 0 atom stereocenters. The van der Waals surface area contributed by atoms with Gasteiger partial charge < -0.3 is 11.1 Å². The van der Waals surface area contributed by atoms with Crippen LogP contribution in [0.5, 0.6) is 0 Å². The molecule has 3 heteroatoms. The molecular formula is C17H20N2O. The van der Waals surface area contributed by atoms with Gasteiger partial charge in [-0.25, -0.2) is 0 Å². The Morgan fingerprint density at radius 1 is 1.10 bits per heavy atom. The third kappa shape index (κ3) is 3.60. The van der Waals surface area contributed by atoms with Crippen molar-refractivity contribution in [3.8, 4) is 0 Å². The van der Waals surface area contributed by atoms with E-state index in [1.807, 2.05) is 25.1 Å². The molecule has 3 N–H and O–H groups in total. The number of nitrogens with one attached hydrogen (secondary N) is 1. The molecule has 0 saturated carbocycles. The maximum atomic E-state index is 12.0. The van der Waals surface area contributed by atoms with E-state index < -0.39 is 0 Å². The number of rotatable bonds is 4. The molecule has 3 nitrogen and oxygen atoms in total. The number of nitrogens with two attached hydrogens (primary N) is 1. The van der Waals surface area contributed by atoms with Gasteiger partial charge in [-0.1, -0.05) is 35.9 Å². The summed E-state index contributed by atoms with van der Waals surface area (Å²) in [6.45, 7) is 3.96. The zero-order valence-electron chi connectivity index (χ0n) is 11.9. The number of hydrogen-bond acceptors (Lipinski definition) is 2. The predicted octanol–water partition coefficient (Wildman–Crippen LogP) is 3.46. The van der Waals surface area contributed by atoms with Crippen molar-refractivity contribution >= 4 is 17.3 Å². The highest BCUT2D eigenvalue weighted by atomic mass is 16.1. The molecule has 0 aromatic heterocycles. The van der Waals surface area contributed by atoms with Crippen molar-refractivity contribution < 1.29 is 4.79 Å². The normalized spacial score (nSPS) is 10.3. The number of anilines is 2. The van der Waals surface area contributed by atoms with Crippen LogP contribution in [0.4, 0.5) is 11.4 Å². The molecule has 0 fully saturated rings. The second-order valence-corrected chi connectivity index (χ2v) is 5.05. The predicted molar refractivity (Wildman–Crippen MR) is 83.7 cm³/mol. The lowest BCUT2D eigenvalue weighted by Gasteiger charge is -2.10. The molecule has 0 bridgehead atoms. The van der Waals surface area contributed by atoms with Crippen LogP contribution in [0.2, 0.25) is 0 Å². The molecule has 0 aliphatic heterocycles. The van der Waals surface area contributed by atoms with Gasteiger partial charge in [-0.3, -0.25) is 4.79 Å². The summed E-state index contributed by atoms with van der Waals surface area (Å²) in [5, 5.41) is 2.91. The highest BCUT2D eigenvalue weighted by molar-refractivity contribution is 5.92. The Morgan fingerprint density at radius 3 is 2.50 bits per heavy atom. The average molecular weight is 268 g/mol. The molecular weight excluding hydrogens is 248 g/mol. The standard InChI is InChI=1S/C17H20N2O/c1-12-6-8-14(9-7-12)10-11-17(20)19-16-5-3-4-15(18)13(16)2/h3-9H,10-11,18H2,1-2H3,(H,19,20). The number of amides is 1. The summed E-state index contributed by atoms with van der Waals surface area (Å²) in [6, 6.07) is 13.8. The Hall–Kier alpha value is -2.29. The third-order valence-electron chi connectivity index (χ3n) is 3.41. The molecule has 0 saturated heterocycles. The number of nitrogen functional groups attached to an aromatic ring is 1. The van der Waals surface area contributed by atoms with E-state index in [4.69, 9.17) is 5.73 Å². The summed E-state index contributed by atoms with van der Waals surface area (Å²) < 4.78 is 0. The number of benzene rings is 2. The minimum atomic E-state index is 0.0132. The fourth-order valence-corrected chi connectivity index (χ4v) is 2.01. The first-order valence-corrected chi connectivity index (χ1v) is 6.77. The SMILES string of the molecule is Cc1ccc(CCC(=O)Nc2cccc(N)c2C)cc1. The van der Waals surface area contributed by atoms with Crippen LogP contribution in [-0.2, 0) is 11.2 Å². The Labute approximate surface area is 119 Å². The minimum absolute atomic E-state index is 0.0132. The van der Waals surface area contributed by atoms with Gasteiger partial charge >= 0.3 is 0 Å². The van der Waals surface area contributed by atoms with Gasteiger partial charge in [0.25, 0.3) is 0 Å². The van der Waals surface area contributed by atoms with Crippen molar-refractivity contribution in [1.29, 1.82) is 0 Å². The summed E-state index contributed by atoms with van der Waals surface area (Å²) in [6.07, 6.45) is 1.21. The zero-order valence-corrected chi connectivity index (χ0v) is 11.9. The number of aryl methyl sites for hydroxylation is 2. The molecule has 0 heterocycles. The van der Waals surface area contributed by atoms with E-state index in [1.54, 1.807) is 0 Å². The van der Waals surface area contributed by atoms with E-state index in [1.165, 1.54) is 11.1 Å². The maximum Gasteiger partial charge on any atom is 0.224 e. The number of carbonyl (C=O) groups is 1. The van der Waals surface area contributed by atoms with Gasteiger partial charge in [-0.2, -0.15) is 0 Å². The summed E-state index contributed by atoms with van der Waals surface area (Å²) in [5.41, 5.74) is 10.6. The first-order valence-electron chi connectivity index (χ1n) is 6.77. The highest BCUT2D eigenvalue weighted by Gasteiger charge is 2.06. The molecule has 0 aliphatic carbocycles. The summed E-state index contributed by atoms with van der Waals surface area (Å²) in [4.78, 5) is 12.0. The Bertz CT molecular complexity index is 603. The van der Waals surface area contributed by atoms with E-state index in [0.29, 0.717) is 12.1 Å². The lowest BCUT2D eigenvalue weighted by molar-refractivity contribution is -0.116. The van der Waals surface area contributed by atoms with Gasteiger partial charge in [-0.15, -0.1) is 0 Å². The van der Waals surface area contributed by atoms with E-state index in [2.05, 4.69) is 36.5 Å². The quantitative estimate of drug-likeness (QED) is 0.834. The average Bonchev–Trinajstić information content (AvgIpc) is 2.43. The van der Waals surface area contributed by atoms with Crippen molar-refractivity contribution in [3.63, 3.8) is 0 Å². The topological polar surface area (TPSA) is 55.1 Å². The lowest BCUT2D eigenvalue weighted by Crippen LogP contribution is -2.13. The first-order chi connectivity index (χ1) is 9.56. The molecule has 20 heavy (non-hydrogen) atoms. The van der Waals surface area contributed by atoms with Gasteiger partial charge in [0.1, 0.15) is 0 Å².